The van der Waals surface area contributed by atoms with E-state index < -0.39 is 0 Å². The van der Waals surface area contributed by atoms with Crippen LogP contribution in [0.1, 0.15) is 58.4 Å². The van der Waals surface area contributed by atoms with E-state index in [9.17, 15) is 10.1 Å². The number of Topliss-reactive ketones (excluding diaryl/α,β-unsaturated/α-hetero) is 1. The Morgan fingerprint density at radius 3 is 2.63 bits per heavy atom. The lowest BCUT2D eigenvalue weighted by atomic mass is 9.95. The lowest BCUT2D eigenvalue weighted by Crippen LogP contribution is -2.30. The van der Waals surface area contributed by atoms with Crippen molar-refractivity contribution in [2.45, 2.75) is 65.1 Å². The number of aryl methyl sites for hydroxylation is 1. The van der Waals surface area contributed by atoms with Crippen LogP contribution in [0.5, 0.6) is 11.8 Å². The van der Waals surface area contributed by atoms with Gasteiger partial charge in [0.2, 0.25) is 0 Å². The Bertz CT molecular complexity index is 923. The molecule has 0 aliphatic heterocycles. The number of benzene rings is 1. The van der Waals surface area contributed by atoms with Gasteiger partial charge in [-0.1, -0.05) is 6.92 Å². The van der Waals surface area contributed by atoms with Gasteiger partial charge in [0.15, 0.2) is 0 Å². The third-order valence-electron chi connectivity index (χ3n) is 5.51. The Hall–Kier alpha value is -2.59. The number of aromatic nitrogens is 2. The van der Waals surface area contributed by atoms with Gasteiger partial charge >= 0.3 is 0 Å². The number of ketones is 1. The van der Waals surface area contributed by atoms with Gasteiger partial charge in [-0.05, 0) is 57.6 Å². The van der Waals surface area contributed by atoms with Gasteiger partial charge in [0, 0.05) is 20.1 Å². The Kier molecular flexibility index (Phi) is 7.33. The Morgan fingerprint density at radius 1 is 1.30 bits per heavy atom. The summed E-state index contributed by atoms with van der Waals surface area (Å²) in [6.45, 7) is 6.69. The molecule has 1 aromatic carbocycles. The van der Waals surface area contributed by atoms with Gasteiger partial charge in [0.1, 0.15) is 29.3 Å². The summed E-state index contributed by atoms with van der Waals surface area (Å²) in [4.78, 5) is 15.8. The zero-order valence-corrected chi connectivity index (χ0v) is 18.3. The third-order valence-corrected chi connectivity index (χ3v) is 5.51. The molecule has 7 heteroatoms. The summed E-state index contributed by atoms with van der Waals surface area (Å²) in [5.74, 6) is 1.03. The van der Waals surface area contributed by atoms with Crippen molar-refractivity contribution in [1.82, 2.24) is 9.55 Å². The van der Waals surface area contributed by atoms with E-state index in [-0.39, 0.29) is 23.9 Å². The Balaban J connectivity index is 1.61. The van der Waals surface area contributed by atoms with Gasteiger partial charge in [-0.3, -0.25) is 4.57 Å². The Morgan fingerprint density at radius 2 is 2.00 bits per heavy atom. The highest BCUT2D eigenvalue weighted by Gasteiger charge is 2.26. The fraction of sp³-hybridized carbons (Fsp3) is 0.609. The van der Waals surface area contributed by atoms with Crippen molar-refractivity contribution < 1.29 is 19.0 Å². The summed E-state index contributed by atoms with van der Waals surface area (Å²) in [5, 5.41) is 9.62. The highest BCUT2D eigenvalue weighted by atomic mass is 16.5. The summed E-state index contributed by atoms with van der Waals surface area (Å²) >= 11 is 0. The average Bonchev–Trinajstić information content (AvgIpc) is 3.03. The van der Waals surface area contributed by atoms with Crippen LogP contribution in [0.15, 0.2) is 12.1 Å². The normalized spacial score (nSPS) is 20.0. The molecular formula is C23H31N3O4. The smallest absolute Gasteiger partial charge is 0.297 e. The van der Waals surface area contributed by atoms with Crippen LogP contribution in [0.3, 0.4) is 0 Å². The van der Waals surface area contributed by atoms with E-state index in [1.54, 1.807) is 13.0 Å². The van der Waals surface area contributed by atoms with Crippen molar-refractivity contribution in [3.05, 3.63) is 17.7 Å². The number of fused-ring (bicyclic) bond motifs is 1. The molecule has 1 saturated carbocycles. The second-order valence-corrected chi connectivity index (χ2v) is 8.17. The van der Waals surface area contributed by atoms with Crippen LogP contribution in [0.2, 0.25) is 0 Å². The van der Waals surface area contributed by atoms with Crippen molar-refractivity contribution in [2.75, 3.05) is 13.2 Å². The maximum atomic E-state index is 11.2. The second kappa shape index (κ2) is 9.94. The van der Waals surface area contributed by atoms with Gasteiger partial charge < -0.3 is 19.0 Å². The second-order valence-electron chi connectivity index (χ2n) is 8.17. The number of hydrogen-bond donors (Lipinski definition) is 0. The lowest BCUT2D eigenvalue weighted by molar-refractivity contribution is -0.118. The fourth-order valence-corrected chi connectivity index (χ4v) is 4.07. The molecular weight excluding hydrogens is 382 g/mol. The predicted molar refractivity (Wildman–Crippen MR) is 114 cm³/mol. The SMILES string of the molecule is CCOc1ccc2nc(OC3CCC(OC[C@H](C)CC(C)=O)CC3)n(C)c2c1C#N. The minimum Gasteiger partial charge on any atom is -0.492 e. The molecule has 162 valence electrons. The van der Waals surface area contributed by atoms with Gasteiger partial charge in [0.25, 0.3) is 6.01 Å². The summed E-state index contributed by atoms with van der Waals surface area (Å²) in [7, 11) is 1.87. The largest absolute Gasteiger partial charge is 0.492 e. The van der Waals surface area contributed by atoms with Crippen LogP contribution in [0.4, 0.5) is 0 Å². The van der Waals surface area contributed by atoms with Crippen molar-refractivity contribution in [1.29, 1.82) is 5.26 Å². The molecule has 0 N–H and O–H groups in total. The standard InChI is InChI=1S/C23H31N3O4/c1-5-28-21-11-10-20-22(19(21)13-24)26(4)23(25-20)30-18-8-6-17(7-9-18)29-14-15(2)12-16(3)27/h10-11,15,17-18H,5-9,12,14H2,1-4H3/t15-,17?,18?/m1/s1. The summed E-state index contributed by atoms with van der Waals surface area (Å²) in [6, 6.07) is 6.42. The number of carbonyl (C=O) groups is 1. The monoisotopic (exact) mass is 413 g/mol. The quantitative estimate of drug-likeness (QED) is 0.613. The van der Waals surface area contributed by atoms with E-state index in [0.717, 1.165) is 36.7 Å². The number of hydrogen-bond acceptors (Lipinski definition) is 6. The summed E-state index contributed by atoms with van der Waals surface area (Å²) in [5.41, 5.74) is 1.94. The van der Waals surface area contributed by atoms with Crippen molar-refractivity contribution in [3.63, 3.8) is 0 Å². The molecule has 0 saturated heterocycles. The van der Waals surface area contributed by atoms with Gasteiger partial charge in [-0.2, -0.15) is 10.2 Å². The number of imidazole rings is 1. The molecule has 1 heterocycles. The molecule has 1 aliphatic rings. The molecule has 1 atom stereocenters. The molecule has 2 aromatic rings. The maximum Gasteiger partial charge on any atom is 0.297 e. The van der Waals surface area contributed by atoms with Crippen molar-refractivity contribution in [3.8, 4) is 17.8 Å². The van der Waals surface area contributed by atoms with Crippen molar-refractivity contribution in [2.24, 2.45) is 13.0 Å². The predicted octanol–water partition coefficient (Wildman–Crippen LogP) is 4.17. The molecule has 3 rings (SSSR count). The topological polar surface area (TPSA) is 86.4 Å². The molecule has 30 heavy (non-hydrogen) atoms. The highest BCUT2D eigenvalue weighted by molar-refractivity contribution is 5.85. The number of nitrogens with zero attached hydrogens (tertiary/aromatic N) is 3. The first-order valence-corrected chi connectivity index (χ1v) is 10.7. The first-order chi connectivity index (χ1) is 14.4. The number of rotatable bonds is 9. The third kappa shape index (κ3) is 5.11. The minimum atomic E-state index is 0.0758. The fourth-order valence-electron chi connectivity index (χ4n) is 4.07. The Labute approximate surface area is 177 Å². The van der Waals surface area contributed by atoms with E-state index in [4.69, 9.17) is 14.2 Å². The van der Waals surface area contributed by atoms with E-state index in [1.165, 1.54) is 0 Å². The van der Waals surface area contributed by atoms with Crippen LogP contribution >= 0.6 is 0 Å². The van der Waals surface area contributed by atoms with Crippen LogP contribution in [0, 0.1) is 17.2 Å². The molecule has 1 fully saturated rings. The van der Waals surface area contributed by atoms with Crippen LogP contribution in [-0.2, 0) is 16.6 Å². The highest BCUT2D eigenvalue weighted by Crippen LogP contribution is 2.32. The van der Waals surface area contributed by atoms with Gasteiger partial charge in [0.05, 0.1) is 23.7 Å². The minimum absolute atomic E-state index is 0.0758. The molecule has 1 aromatic heterocycles. The molecule has 1 aliphatic carbocycles. The van der Waals surface area contributed by atoms with E-state index in [1.807, 2.05) is 31.5 Å². The number of nitriles is 1. The van der Waals surface area contributed by atoms with E-state index in [2.05, 4.69) is 11.1 Å². The van der Waals surface area contributed by atoms with Crippen molar-refractivity contribution >= 4 is 16.8 Å². The summed E-state index contributed by atoms with van der Waals surface area (Å²) < 4.78 is 19.6. The molecule has 0 radical (unpaired) electrons. The first kappa shape index (κ1) is 22.1. The molecule has 7 nitrogen and oxygen atoms in total. The lowest BCUT2D eigenvalue weighted by Gasteiger charge is -2.29. The van der Waals surface area contributed by atoms with E-state index in [0.29, 0.717) is 37.0 Å². The molecule has 0 amide bonds. The summed E-state index contributed by atoms with van der Waals surface area (Å²) in [6.07, 6.45) is 4.51. The number of ether oxygens (including phenoxy) is 3. The zero-order valence-electron chi connectivity index (χ0n) is 18.3. The van der Waals surface area contributed by atoms with E-state index >= 15 is 0 Å². The maximum absolute atomic E-state index is 11.2. The zero-order chi connectivity index (χ0) is 21.7. The van der Waals surface area contributed by atoms with Crippen LogP contribution in [0.25, 0.3) is 11.0 Å². The average molecular weight is 414 g/mol. The van der Waals surface area contributed by atoms with Gasteiger partial charge in [-0.25, -0.2) is 0 Å². The van der Waals surface area contributed by atoms with Crippen LogP contribution < -0.4 is 9.47 Å². The molecule has 0 bridgehead atoms. The number of carbonyl (C=O) groups excluding carboxylic acids is 1. The first-order valence-electron chi connectivity index (χ1n) is 10.7. The molecule has 0 unspecified atom stereocenters. The van der Waals surface area contributed by atoms with Crippen LogP contribution in [-0.4, -0.2) is 40.8 Å². The van der Waals surface area contributed by atoms with Gasteiger partial charge in [-0.15, -0.1) is 0 Å². The molecule has 0 spiro atoms.